The second-order valence-electron chi connectivity index (χ2n) is 4.01. The molecule has 0 saturated heterocycles. The van der Waals surface area contributed by atoms with Crippen molar-refractivity contribution in [1.29, 1.82) is 0 Å². The molecule has 2 aromatic carbocycles. The van der Waals surface area contributed by atoms with Gasteiger partial charge in [0.15, 0.2) is 11.5 Å². The molecule has 0 heterocycles. The topological polar surface area (TPSA) is 77.8 Å². The second kappa shape index (κ2) is 4.79. The summed E-state index contributed by atoms with van der Waals surface area (Å²) >= 11 is 0. The lowest BCUT2D eigenvalue weighted by Gasteiger charge is -2.07. The van der Waals surface area contributed by atoms with E-state index >= 15 is 0 Å². The highest BCUT2D eigenvalue weighted by Gasteiger charge is 2.09. The Morgan fingerprint density at radius 1 is 1.00 bits per heavy atom. The summed E-state index contributed by atoms with van der Waals surface area (Å²) in [6.45, 7) is 0. The molecule has 0 fully saturated rings. The molecule has 0 aliphatic rings. The van der Waals surface area contributed by atoms with Crippen molar-refractivity contribution in [3.63, 3.8) is 0 Å². The van der Waals surface area contributed by atoms with Crippen LogP contribution in [0.2, 0.25) is 0 Å². The van der Waals surface area contributed by atoms with E-state index < -0.39 is 0 Å². The SMILES string of the molecule is O=Cc1cc(O)c(O)c(Cc2ccc(O)cc2)c1. The average molecular weight is 244 g/mol. The van der Waals surface area contributed by atoms with Gasteiger partial charge in [-0.25, -0.2) is 0 Å². The molecule has 0 saturated carbocycles. The monoisotopic (exact) mass is 244 g/mol. The number of aldehydes is 1. The standard InChI is InChI=1S/C14H12O4/c15-8-10-6-11(14(18)13(17)7-10)5-9-1-3-12(16)4-2-9/h1-4,6-8,16-18H,5H2. The average Bonchev–Trinajstić information content (AvgIpc) is 2.37. The summed E-state index contributed by atoms with van der Waals surface area (Å²) < 4.78 is 0. The molecule has 4 nitrogen and oxygen atoms in total. The minimum Gasteiger partial charge on any atom is -0.508 e. The van der Waals surface area contributed by atoms with E-state index in [9.17, 15) is 15.0 Å². The molecule has 4 heteroatoms. The third kappa shape index (κ3) is 2.43. The minimum absolute atomic E-state index is 0.160. The third-order valence-corrected chi connectivity index (χ3v) is 2.66. The predicted octanol–water partition coefficient (Wildman–Crippen LogP) is 2.21. The molecule has 0 aliphatic carbocycles. The predicted molar refractivity (Wildman–Crippen MR) is 66.1 cm³/mol. The van der Waals surface area contributed by atoms with Gasteiger partial charge in [-0.2, -0.15) is 0 Å². The lowest BCUT2D eigenvalue weighted by Crippen LogP contribution is -1.92. The number of carbonyl (C=O) groups is 1. The van der Waals surface area contributed by atoms with Crippen LogP contribution in [0.1, 0.15) is 21.5 Å². The fourth-order valence-corrected chi connectivity index (χ4v) is 1.74. The van der Waals surface area contributed by atoms with Gasteiger partial charge in [0.2, 0.25) is 0 Å². The van der Waals surface area contributed by atoms with E-state index in [0.717, 1.165) is 5.56 Å². The first kappa shape index (κ1) is 12.0. The zero-order valence-electron chi connectivity index (χ0n) is 9.50. The fourth-order valence-electron chi connectivity index (χ4n) is 1.74. The quantitative estimate of drug-likeness (QED) is 0.571. The van der Waals surface area contributed by atoms with Gasteiger partial charge in [0.25, 0.3) is 0 Å². The molecule has 2 rings (SSSR count). The number of hydrogen-bond acceptors (Lipinski definition) is 4. The van der Waals surface area contributed by atoms with Gasteiger partial charge in [-0.1, -0.05) is 12.1 Å². The summed E-state index contributed by atoms with van der Waals surface area (Å²) in [5.41, 5.74) is 1.62. The maximum atomic E-state index is 10.7. The first-order chi connectivity index (χ1) is 8.60. The number of aromatic hydroxyl groups is 3. The minimum atomic E-state index is -0.312. The van der Waals surface area contributed by atoms with E-state index in [2.05, 4.69) is 0 Å². The number of phenolic OH excluding ortho intramolecular Hbond substituents is 3. The van der Waals surface area contributed by atoms with Crippen LogP contribution in [-0.2, 0) is 6.42 Å². The third-order valence-electron chi connectivity index (χ3n) is 2.66. The highest BCUT2D eigenvalue weighted by Crippen LogP contribution is 2.31. The van der Waals surface area contributed by atoms with Gasteiger partial charge in [-0.15, -0.1) is 0 Å². The van der Waals surface area contributed by atoms with E-state index in [0.29, 0.717) is 23.8 Å². The van der Waals surface area contributed by atoms with Gasteiger partial charge in [0.1, 0.15) is 12.0 Å². The normalized spacial score (nSPS) is 10.2. The van der Waals surface area contributed by atoms with Crippen LogP contribution in [0.3, 0.4) is 0 Å². The maximum absolute atomic E-state index is 10.7. The van der Waals surface area contributed by atoms with Crippen LogP contribution in [0.25, 0.3) is 0 Å². The Morgan fingerprint density at radius 2 is 1.67 bits per heavy atom. The van der Waals surface area contributed by atoms with E-state index in [1.807, 2.05) is 0 Å². The molecule has 0 aromatic heterocycles. The molecule has 0 unspecified atom stereocenters. The number of hydrogen-bond donors (Lipinski definition) is 3. The molecule has 0 spiro atoms. The molecular formula is C14H12O4. The van der Waals surface area contributed by atoms with Crippen LogP contribution in [-0.4, -0.2) is 21.6 Å². The molecular weight excluding hydrogens is 232 g/mol. The summed E-state index contributed by atoms with van der Waals surface area (Å²) in [7, 11) is 0. The molecule has 0 bridgehead atoms. The Bertz CT molecular complexity index is 573. The Hall–Kier alpha value is -2.49. The molecule has 92 valence electrons. The molecule has 0 amide bonds. The summed E-state index contributed by atoms with van der Waals surface area (Å²) in [6.07, 6.45) is 0.973. The Kier molecular flexibility index (Phi) is 3.19. The summed E-state index contributed by atoms with van der Waals surface area (Å²) in [6, 6.07) is 9.22. The molecule has 0 aliphatic heterocycles. The molecule has 0 atom stereocenters. The number of phenols is 3. The number of carbonyl (C=O) groups excluding carboxylic acids is 1. The fraction of sp³-hybridized carbons (Fsp3) is 0.0714. The van der Waals surface area contributed by atoms with Crippen LogP contribution in [0.4, 0.5) is 0 Å². The smallest absolute Gasteiger partial charge is 0.161 e. The Labute approximate surface area is 104 Å². The maximum Gasteiger partial charge on any atom is 0.161 e. The van der Waals surface area contributed by atoms with Gasteiger partial charge in [0.05, 0.1) is 0 Å². The van der Waals surface area contributed by atoms with Crippen molar-refractivity contribution in [1.82, 2.24) is 0 Å². The van der Waals surface area contributed by atoms with Crippen LogP contribution < -0.4 is 0 Å². The van der Waals surface area contributed by atoms with Crippen molar-refractivity contribution in [3.8, 4) is 17.2 Å². The van der Waals surface area contributed by atoms with Gasteiger partial charge < -0.3 is 15.3 Å². The van der Waals surface area contributed by atoms with Gasteiger partial charge >= 0.3 is 0 Å². The molecule has 18 heavy (non-hydrogen) atoms. The Balaban J connectivity index is 2.36. The van der Waals surface area contributed by atoms with Crippen molar-refractivity contribution in [3.05, 3.63) is 53.1 Å². The lowest BCUT2D eigenvalue weighted by molar-refractivity contribution is 0.112. The lowest BCUT2D eigenvalue weighted by atomic mass is 10.0. The van der Waals surface area contributed by atoms with Crippen molar-refractivity contribution >= 4 is 6.29 Å². The highest BCUT2D eigenvalue weighted by atomic mass is 16.3. The summed E-state index contributed by atoms with van der Waals surface area (Å²) in [4.78, 5) is 10.7. The van der Waals surface area contributed by atoms with Crippen LogP contribution in [0.15, 0.2) is 36.4 Å². The molecule has 3 N–H and O–H groups in total. The van der Waals surface area contributed by atoms with Crippen LogP contribution >= 0.6 is 0 Å². The zero-order chi connectivity index (χ0) is 13.1. The largest absolute Gasteiger partial charge is 0.508 e. The van der Waals surface area contributed by atoms with E-state index in [4.69, 9.17) is 5.11 Å². The number of rotatable bonds is 3. The molecule has 2 aromatic rings. The summed E-state index contributed by atoms with van der Waals surface area (Å²) in [5.74, 6) is -0.380. The zero-order valence-corrected chi connectivity index (χ0v) is 9.50. The van der Waals surface area contributed by atoms with Crippen molar-refractivity contribution in [2.45, 2.75) is 6.42 Å². The first-order valence-electron chi connectivity index (χ1n) is 5.38. The van der Waals surface area contributed by atoms with Crippen molar-refractivity contribution < 1.29 is 20.1 Å². The van der Waals surface area contributed by atoms with E-state index in [-0.39, 0.29) is 17.2 Å². The number of benzene rings is 2. The first-order valence-corrected chi connectivity index (χ1v) is 5.38. The van der Waals surface area contributed by atoms with Gasteiger partial charge in [-0.3, -0.25) is 4.79 Å². The van der Waals surface area contributed by atoms with Crippen molar-refractivity contribution in [2.75, 3.05) is 0 Å². The highest BCUT2D eigenvalue weighted by molar-refractivity contribution is 5.77. The van der Waals surface area contributed by atoms with E-state index in [1.54, 1.807) is 12.1 Å². The van der Waals surface area contributed by atoms with Crippen LogP contribution in [0, 0.1) is 0 Å². The molecule has 0 radical (unpaired) electrons. The second-order valence-corrected chi connectivity index (χ2v) is 4.01. The van der Waals surface area contributed by atoms with Crippen LogP contribution in [0.5, 0.6) is 17.2 Å². The van der Waals surface area contributed by atoms with Gasteiger partial charge in [-0.05, 0) is 29.8 Å². The van der Waals surface area contributed by atoms with Crippen molar-refractivity contribution in [2.24, 2.45) is 0 Å². The van der Waals surface area contributed by atoms with E-state index in [1.165, 1.54) is 24.3 Å². The summed E-state index contributed by atoms with van der Waals surface area (Å²) in [5, 5.41) is 28.4. The van der Waals surface area contributed by atoms with Gasteiger partial charge in [0, 0.05) is 17.5 Å². The Morgan fingerprint density at radius 3 is 2.28 bits per heavy atom.